The number of pyridine rings is 1. The van der Waals surface area contributed by atoms with Gasteiger partial charge in [0.05, 0.1) is 23.9 Å². The van der Waals surface area contributed by atoms with Gasteiger partial charge in [-0.2, -0.15) is 0 Å². The maximum Gasteiger partial charge on any atom is 0.0798 e. The van der Waals surface area contributed by atoms with E-state index in [1.165, 1.54) is 16.1 Å². The number of ether oxygens (including phenoxy) is 1. The summed E-state index contributed by atoms with van der Waals surface area (Å²) >= 11 is 1.77. The van der Waals surface area contributed by atoms with E-state index in [9.17, 15) is 0 Å². The van der Waals surface area contributed by atoms with Crippen molar-refractivity contribution in [2.75, 3.05) is 32.8 Å². The first-order valence-electron chi connectivity index (χ1n) is 8.62. The van der Waals surface area contributed by atoms with Crippen molar-refractivity contribution in [2.24, 2.45) is 5.92 Å². The fourth-order valence-corrected chi connectivity index (χ4v) is 4.57. The molecule has 2 saturated heterocycles. The Kier molecular flexibility index (Phi) is 4.89. The molecule has 0 saturated carbocycles. The highest BCUT2D eigenvalue weighted by molar-refractivity contribution is 7.09. The van der Waals surface area contributed by atoms with Gasteiger partial charge in [-0.15, -0.1) is 11.3 Å². The van der Waals surface area contributed by atoms with Gasteiger partial charge in [-0.05, 0) is 18.6 Å². The molecule has 128 valence electrons. The van der Waals surface area contributed by atoms with Crippen molar-refractivity contribution >= 4 is 11.3 Å². The lowest BCUT2D eigenvalue weighted by Crippen LogP contribution is -2.32. The summed E-state index contributed by atoms with van der Waals surface area (Å²) in [6.07, 6.45) is 4.18. The first-order chi connectivity index (χ1) is 11.8. The predicted molar refractivity (Wildman–Crippen MR) is 94.9 cm³/mol. The van der Waals surface area contributed by atoms with Crippen molar-refractivity contribution in [3.63, 3.8) is 0 Å². The van der Waals surface area contributed by atoms with Crippen LogP contribution in [-0.4, -0.2) is 58.7 Å². The van der Waals surface area contributed by atoms with Crippen molar-refractivity contribution in [2.45, 2.75) is 26.1 Å². The van der Waals surface area contributed by atoms with Crippen molar-refractivity contribution in [3.05, 3.63) is 46.2 Å². The molecule has 6 heteroatoms. The second kappa shape index (κ2) is 7.27. The Morgan fingerprint density at radius 1 is 1.25 bits per heavy atom. The van der Waals surface area contributed by atoms with Gasteiger partial charge in [-0.1, -0.05) is 6.07 Å². The average molecular weight is 344 g/mol. The van der Waals surface area contributed by atoms with Crippen LogP contribution in [0.5, 0.6) is 0 Å². The highest BCUT2D eigenvalue weighted by Crippen LogP contribution is 2.27. The molecular weight excluding hydrogens is 320 g/mol. The fourth-order valence-electron chi connectivity index (χ4n) is 3.75. The lowest BCUT2D eigenvalue weighted by atomic mass is 10.1. The molecule has 0 radical (unpaired) electrons. The molecule has 2 aromatic heterocycles. The third-order valence-electron chi connectivity index (χ3n) is 5.03. The number of likely N-dealkylation sites (tertiary alicyclic amines) is 1. The molecule has 0 unspecified atom stereocenters. The summed E-state index contributed by atoms with van der Waals surface area (Å²) in [5.41, 5.74) is 4.41. The van der Waals surface area contributed by atoms with Crippen LogP contribution in [0, 0.1) is 12.8 Å². The topological polar surface area (TPSA) is 41.5 Å². The summed E-state index contributed by atoms with van der Waals surface area (Å²) in [6, 6.07) is 4.17. The number of nitrogens with zero attached hydrogens (tertiary/aromatic N) is 4. The quantitative estimate of drug-likeness (QED) is 0.850. The number of rotatable bonds is 4. The van der Waals surface area contributed by atoms with Crippen LogP contribution >= 0.6 is 11.3 Å². The lowest BCUT2D eigenvalue weighted by Gasteiger charge is -2.23. The first-order valence-corrected chi connectivity index (χ1v) is 9.50. The molecule has 5 nitrogen and oxygen atoms in total. The Labute approximate surface area is 147 Å². The van der Waals surface area contributed by atoms with Crippen molar-refractivity contribution in [1.82, 2.24) is 19.8 Å². The average Bonchev–Trinajstić information content (AvgIpc) is 3.10. The van der Waals surface area contributed by atoms with Crippen LogP contribution in [0.4, 0.5) is 0 Å². The van der Waals surface area contributed by atoms with Gasteiger partial charge in [0, 0.05) is 62.5 Å². The van der Waals surface area contributed by atoms with Crippen molar-refractivity contribution in [3.8, 4) is 0 Å². The van der Waals surface area contributed by atoms with E-state index in [2.05, 4.69) is 32.8 Å². The molecule has 2 aromatic rings. The van der Waals surface area contributed by atoms with Gasteiger partial charge in [0.2, 0.25) is 0 Å². The van der Waals surface area contributed by atoms with Crippen LogP contribution in [-0.2, 0) is 17.8 Å². The zero-order valence-corrected chi connectivity index (χ0v) is 14.9. The summed E-state index contributed by atoms with van der Waals surface area (Å²) in [5, 5.41) is 0. The van der Waals surface area contributed by atoms with Crippen LogP contribution in [0.1, 0.15) is 16.1 Å². The Morgan fingerprint density at radius 3 is 2.96 bits per heavy atom. The second-order valence-corrected chi connectivity index (χ2v) is 7.76. The molecular formula is C18H24N4OS. The molecule has 0 bridgehead atoms. The predicted octanol–water partition coefficient (Wildman–Crippen LogP) is 2.18. The third-order valence-corrected chi connectivity index (χ3v) is 5.95. The van der Waals surface area contributed by atoms with Crippen molar-refractivity contribution in [1.29, 1.82) is 0 Å². The number of thiazole rings is 1. The summed E-state index contributed by atoms with van der Waals surface area (Å²) in [4.78, 5) is 15.0. The van der Waals surface area contributed by atoms with Gasteiger partial charge in [-0.3, -0.25) is 14.8 Å². The largest absolute Gasteiger partial charge is 0.375 e. The summed E-state index contributed by atoms with van der Waals surface area (Å²) in [5.74, 6) is 0.595. The van der Waals surface area contributed by atoms with Crippen molar-refractivity contribution < 1.29 is 4.74 Å². The minimum absolute atomic E-state index is 0.372. The summed E-state index contributed by atoms with van der Waals surface area (Å²) in [6.45, 7) is 9.19. The van der Waals surface area contributed by atoms with Gasteiger partial charge >= 0.3 is 0 Å². The first kappa shape index (κ1) is 16.1. The van der Waals surface area contributed by atoms with Crippen LogP contribution in [0.15, 0.2) is 30.0 Å². The van der Waals surface area contributed by atoms with E-state index >= 15 is 0 Å². The monoisotopic (exact) mass is 344 g/mol. The molecule has 0 aliphatic carbocycles. The second-order valence-electron chi connectivity index (χ2n) is 6.82. The maximum absolute atomic E-state index is 6.16. The van der Waals surface area contributed by atoms with E-state index < -0.39 is 0 Å². The van der Waals surface area contributed by atoms with E-state index in [0.29, 0.717) is 12.0 Å². The molecule has 24 heavy (non-hydrogen) atoms. The molecule has 4 heterocycles. The zero-order valence-electron chi connectivity index (χ0n) is 14.1. The Hall–Kier alpha value is -1.34. The van der Waals surface area contributed by atoms with Gasteiger partial charge in [0.15, 0.2) is 0 Å². The number of fused-ring (bicyclic) bond motifs is 1. The van der Waals surface area contributed by atoms with E-state index in [4.69, 9.17) is 4.74 Å². The van der Waals surface area contributed by atoms with E-state index in [1.54, 1.807) is 11.3 Å². The molecule has 0 N–H and O–H groups in total. The van der Waals surface area contributed by atoms with Gasteiger partial charge in [-0.25, -0.2) is 4.98 Å². The zero-order chi connectivity index (χ0) is 16.4. The highest BCUT2D eigenvalue weighted by Gasteiger charge is 2.36. The number of aryl methyl sites for hydroxylation is 1. The summed E-state index contributed by atoms with van der Waals surface area (Å²) in [7, 11) is 0. The normalized spacial score (nSPS) is 25.5. The Bertz CT molecular complexity index is 662. The fraction of sp³-hybridized carbons (Fsp3) is 0.556. The van der Waals surface area contributed by atoms with Crippen LogP contribution in [0.2, 0.25) is 0 Å². The Morgan fingerprint density at radius 2 is 2.17 bits per heavy atom. The van der Waals surface area contributed by atoms with Gasteiger partial charge < -0.3 is 4.74 Å². The van der Waals surface area contributed by atoms with Gasteiger partial charge in [0.25, 0.3) is 0 Å². The minimum Gasteiger partial charge on any atom is -0.375 e. The van der Waals surface area contributed by atoms with Gasteiger partial charge in [0.1, 0.15) is 0 Å². The third kappa shape index (κ3) is 3.67. The molecule has 0 aromatic carbocycles. The molecule has 4 rings (SSSR count). The molecule has 2 atom stereocenters. The van der Waals surface area contributed by atoms with E-state index in [1.807, 2.05) is 24.0 Å². The van der Waals surface area contributed by atoms with Crippen LogP contribution < -0.4 is 0 Å². The number of hydrogen-bond donors (Lipinski definition) is 0. The molecule has 2 aliphatic rings. The molecule has 0 amide bonds. The molecule has 2 aliphatic heterocycles. The number of hydrogen-bond acceptors (Lipinski definition) is 6. The van der Waals surface area contributed by atoms with E-state index in [0.717, 1.165) is 45.9 Å². The van der Waals surface area contributed by atoms with Crippen LogP contribution in [0.3, 0.4) is 0 Å². The lowest BCUT2D eigenvalue weighted by molar-refractivity contribution is 0.0510. The Balaban J connectivity index is 1.37. The molecule has 2 fully saturated rings. The van der Waals surface area contributed by atoms with Crippen LogP contribution in [0.25, 0.3) is 0 Å². The SMILES string of the molecule is Cc1ncsc1CN1C[C@@H]2CN(Cc3cccnc3)CCO[C@@H]2C1. The maximum atomic E-state index is 6.16. The molecule has 0 spiro atoms. The minimum atomic E-state index is 0.372. The smallest absolute Gasteiger partial charge is 0.0798 e. The highest BCUT2D eigenvalue weighted by atomic mass is 32.1. The summed E-state index contributed by atoms with van der Waals surface area (Å²) < 4.78 is 6.16. The van der Waals surface area contributed by atoms with E-state index in [-0.39, 0.29) is 0 Å². The standard InChI is InChI=1S/C18H24N4OS/c1-14-18(24-13-20-14)12-22-10-16-9-21(5-6-23-17(16)11-22)8-15-3-2-4-19-7-15/h2-4,7,13,16-17H,5-6,8-12H2,1H3/t16-,17+/m0/s1. The number of aromatic nitrogens is 2.